The van der Waals surface area contributed by atoms with Gasteiger partial charge < -0.3 is 15.4 Å². The average molecular weight is 294 g/mol. The van der Waals surface area contributed by atoms with E-state index in [1.54, 1.807) is 13.0 Å². The van der Waals surface area contributed by atoms with E-state index >= 15 is 0 Å². The van der Waals surface area contributed by atoms with Gasteiger partial charge in [-0.15, -0.1) is 0 Å². The van der Waals surface area contributed by atoms with Gasteiger partial charge >= 0.3 is 6.09 Å². The minimum atomic E-state index is -0.478. The van der Waals surface area contributed by atoms with Crippen LogP contribution in [0.2, 0.25) is 0 Å². The van der Waals surface area contributed by atoms with Crippen LogP contribution in [-0.2, 0) is 4.74 Å². The van der Waals surface area contributed by atoms with E-state index in [2.05, 4.69) is 20.6 Å². The summed E-state index contributed by atoms with van der Waals surface area (Å²) in [7, 11) is 0. The molecule has 1 heterocycles. The Bertz CT molecular complexity index is 451. The SMILES string of the molecule is CCOC(=O)N[C@@H](CNC(=O)c1ncccn1)CC(C)C. The minimum absolute atomic E-state index is 0.108. The minimum Gasteiger partial charge on any atom is -0.450 e. The van der Waals surface area contributed by atoms with Crippen LogP contribution in [-0.4, -0.2) is 41.2 Å². The molecule has 0 bridgehead atoms. The van der Waals surface area contributed by atoms with Gasteiger partial charge in [0.25, 0.3) is 5.91 Å². The Hall–Kier alpha value is -2.18. The number of ether oxygens (including phenoxy) is 1. The summed E-state index contributed by atoms with van der Waals surface area (Å²) in [5.74, 6) is 0.119. The molecule has 2 amide bonds. The van der Waals surface area contributed by atoms with E-state index in [0.717, 1.165) is 6.42 Å². The molecule has 7 heteroatoms. The van der Waals surface area contributed by atoms with Gasteiger partial charge in [-0.3, -0.25) is 4.79 Å². The standard InChI is InChI=1S/C14H22N4O3/c1-4-21-14(20)18-11(8-10(2)3)9-17-13(19)12-15-6-5-7-16-12/h5-7,10-11H,4,8-9H2,1-3H3,(H,17,19)(H,18,20)/t11-/m1/s1. The third kappa shape index (κ3) is 6.69. The number of carbonyl (C=O) groups excluding carboxylic acids is 2. The van der Waals surface area contributed by atoms with Crippen molar-refractivity contribution in [2.45, 2.75) is 33.2 Å². The Balaban J connectivity index is 2.52. The maximum absolute atomic E-state index is 11.9. The number of amides is 2. The molecule has 0 unspecified atom stereocenters. The molecule has 0 aliphatic heterocycles. The van der Waals surface area contributed by atoms with Gasteiger partial charge in [-0.1, -0.05) is 13.8 Å². The van der Waals surface area contributed by atoms with Gasteiger partial charge in [-0.25, -0.2) is 14.8 Å². The molecule has 1 aromatic heterocycles. The number of nitrogens with one attached hydrogen (secondary N) is 2. The van der Waals surface area contributed by atoms with Gasteiger partial charge in [0, 0.05) is 25.0 Å². The van der Waals surface area contributed by atoms with E-state index in [9.17, 15) is 9.59 Å². The Kier molecular flexibility index (Phi) is 7.14. The number of rotatable bonds is 7. The molecule has 0 aromatic carbocycles. The van der Waals surface area contributed by atoms with Crippen molar-refractivity contribution < 1.29 is 14.3 Å². The first-order valence-corrected chi connectivity index (χ1v) is 7.01. The first kappa shape index (κ1) is 16.9. The van der Waals surface area contributed by atoms with Crippen molar-refractivity contribution in [3.63, 3.8) is 0 Å². The Labute approximate surface area is 124 Å². The smallest absolute Gasteiger partial charge is 0.407 e. The molecule has 0 spiro atoms. The lowest BCUT2D eigenvalue weighted by Crippen LogP contribution is -2.44. The molecule has 21 heavy (non-hydrogen) atoms. The number of aromatic nitrogens is 2. The molecule has 2 N–H and O–H groups in total. The van der Waals surface area contributed by atoms with Crippen LogP contribution in [0.3, 0.4) is 0 Å². The van der Waals surface area contributed by atoms with Crippen LogP contribution in [0.25, 0.3) is 0 Å². The zero-order chi connectivity index (χ0) is 15.7. The summed E-state index contributed by atoms with van der Waals surface area (Å²) in [5, 5.41) is 5.46. The zero-order valence-electron chi connectivity index (χ0n) is 12.6. The first-order chi connectivity index (χ1) is 10.0. The lowest BCUT2D eigenvalue weighted by atomic mass is 10.0. The van der Waals surface area contributed by atoms with Gasteiger partial charge in [0.05, 0.1) is 6.61 Å². The van der Waals surface area contributed by atoms with Crippen molar-refractivity contribution >= 4 is 12.0 Å². The molecule has 1 atom stereocenters. The second-order valence-electron chi connectivity index (χ2n) is 4.97. The van der Waals surface area contributed by atoms with Gasteiger partial charge in [0.2, 0.25) is 5.82 Å². The second-order valence-corrected chi connectivity index (χ2v) is 4.97. The summed E-state index contributed by atoms with van der Waals surface area (Å²) in [6, 6.07) is 1.44. The number of hydrogen-bond donors (Lipinski definition) is 2. The number of hydrogen-bond acceptors (Lipinski definition) is 5. The van der Waals surface area contributed by atoms with E-state index < -0.39 is 6.09 Å². The average Bonchev–Trinajstić information content (AvgIpc) is 2.45. The summed E-state index contributed by atoms with van der Waals surface area (Å²) >= 11 is 0. The molecule has 0 aliphatic carbocycles. The largest absolute Gasteiger partial charge is 0.450 e. The molecule has 1 aromatic rings. The summed E-state index contributed by atoms with van der Waals surface area (Å²) in [5.41, 5.74) is 0. The van der Waals surface area contributed by atoms with Crippen molar-refractivity contribution in [2.24, 2.45) is 5.92 Å². The Morgan fingerprint density at radius 3 is 2.52 bits per heavy atom. The van der Waals surface area contributed by atoms with Crippen molar-refractivity contribution in [2.75, 3.05) is 13.2 Å². The van der Waals surface area contributed by atoms with Crippen LogP contribution in [0.15, 0.2) is 18.5 Å². The van der Waals surface area contributed by atoms with Crippen molar-refractivity contribution in [3.05, 3.63) is 24.3 Å². The van der Waals surface area contributed by atoms with Gasteiger partial charge in [-0.05, 0) is 25.3 Å². The lowest BCUT2D eigenvalue weighted by molar-refractivity contribution is 0.0934. The van der Waals surface area contributed by atoms with E-state index in [0.29, 0.717) is 19.1 Å². The summed E-state index contributed by atoms with van der Waals surface area (Å²) in [4.78, 5) is 31.1. The molecule has 0 aliphatic rings. The molecule has 0 radical (unpaired) electrons. The normalized spacial score (nSPS) is 11.8. The quantitative estimate of drug-likeness (QED) is 0.792. The van der Waals surface area contributed by atoms with Gasteiger partial charge in [0.15, 0.2) is 0 Å². The third-order valence-electron chi connectivity index (χ3n) is 2.63. The molecule has 0 saturated heterocycles. The Morgan fingerprint density at radius 1 is 1.29 bits per heavy atom. The lowest BCUT2D eigenvalue weighted by Gasteiger charge is -2.20. The Morgan fingerprint density at radius 2 is 1.95 bits per heavy atom. The highest BCUT2D eigenvalue weighted by molar-refractivity contribution is 5.90. The highest BCUT2D eigenvalue weighted by Gasteiger charge is 2.17. The fourth-order valence-electron chi connectivity index (χ4n) is 1.81. The van der Waals surface area contributed by atoms with Gasteiger partial charge in [0.1, 0.15) is 0 Å². The highest BCUT2D eigenvalue weighted by atomic mass is 16.5. The molecule has 0 fully saturated rings. The second kappa shape index (κ2) is 8.89. The third-order valence-corrected chi connectivity index (χ3v) is 2.63. The van der Waals surface area contributed by atoms with Crippen LogP contribution in [0.5, 0.6) is 0 Å². The maximum atomic E-state index is 11.9. The highest BCUT2D eigenvalue weighted by Crippen LogP contribution is 2.04. The topological polar surface area (TPSA) is 93.2 Å². The van der Waals surface area contributed by atoms with E-state index in [1.807, 2.05) is 13.8 Å². The predicted octanol–water partition coefficient (Wildman–Crippen LogP) is 1.37. The van der Waals surface area contributed by atoms with Crippen LogP contribution < -0.4 is 10.6 Å². The summed E-state index contributed by atoms with van der Waals surface area (Å²) in [6.45, 7) is 6.44. The van der Waals surface area contributed by atoms with Crippen LogP contribution in [0.1, 0.15) is 37.8 Å². The fourth-order valence-corrected chi connectivity index (χ4v) is 1.81. The van der Waals surface area contributed by atoms with Crippen molar-refractivity contribution in [1.82, 2.24) is 20.6 Å². The number of carbonyl (C=O) groups is 2. The van der Waals surface area contributed by atoms with E-state index in [4.69, 9.17) is 4.74 Å². The summed E-state index contributed by atoms with van der Waals surface area (Å²) in [6.07, 6.45) is 3.26. The molecule has 116 valence electrons. The summed E-state index contributed by atoms with van der Waals surface area (Å²) < 4.78 is 4.86. The van der Waals surface area contributed by atoms with E-state index in [1.165, 1.54) is 12.4 Å². The molecule has 0 saturated carbocycles. The maximum Gasteiger partial charge on any atom is 0.407 e. The van der Waals surface area contributed by atoms with Crippen LogP contribution >= 0.6 is 0 Å². The molecular formula is C14H22N4O3. The zero-order valence-corrected chi connectivity index (χ0v) is 12.6. The van der Waals surface area contributed by atoms with Crippen molar-refractivity contribution in [1.29, 1.82) is 0 Å². The fraction of sp³-hybridized carbons (Fsp3) is 0.571. The van der Waals surface area contributed by atoms with Crippen LogP contribution in [0.4, 0.5) is 4.79 Å². The van der Waals surface area contributed by atoms with E-state index in [-0.39, 0.29) is 17.8 Å². The predicted molar refractivity (Wildman–Crippen MR) is 77.8 cm³/mol. The number of alkyl carbamates (subject to hydrolysis) is 1. The van der Waals surface area contributed by atoms with Crippen LogP contribution in [0, 0.1) is 5.92 Å². The van der Waals surface area contributed by atoms with Gasteiger partial charge in [-0.2, -0.15) is 0 Å². The molecule has 7 nitrogen and oxygen atoms in total. The molecular weight excluding hydrogens is 272 g/mol. The number of nitrogens with zero attached hydrogens (tertiary/aromatic N) is 2. The molecule has 1 rings (SSSR count). The van der Waals surface area contributed by atoms with Crippen molar-refractivity contribution in [3.8, 4) is 0 Å². The monoisotopic (exact) mass is 294 g/mol. The first-order valence-electron chi connectivity index (χ1n) is 7.01.